The number of thioether (sulfide) groups is 1. The van der Waals surface area contributed by atoms with Gasteiger partial charge in [-0.25, -0.2) is 0 Å². The van der Waals surface area contributed by atoms with E-state index in [0.29, 0.717) is 29.9 Å². The van der Waals surface area contributed by atoms with Crippen LogP contribution in [0.15, 0.2) is 96.2 Å². The van der Waals surface area contributed by atoms with Crippen molar-refractivity contribution in [2.75, 3.05) is 13.2 Å². The van der Waals surface area contributed by atoms with Gasteiger partial charge in [0.1, 0.15) is 29.2 Å². The van der Waals surface area contributed by atoms with Crippen molar-refractivity contribution in [1.82, 2.24) is 14.8 Å². The lowest BCUT2D eigenvalue weighted by Gasteiger charge is -2.15. The van der Waals surface area contributed by atoms with E-state index in [0.717, 1.165) is 28.0 Å². The van der Waals surface area contributed by atoms with Gasteiger partial charge in [0.2, 0.25) is 6.54 Å². The summed E-state index contributed by atoms with van der Waals surface area (Å²) < 4.78 is 13.5. The second-order valence-electron chi connectivity index (χ2n) is 8.91. The molecule has 0 aliphatic rings. The van der Waals surface area contributed by atoms with Crippen LogP contribution in [0.4, 0.5) is 0 Å². The van der Waals surface area contributed by atoms with Crippen molar-refractivity contribution in [3.63, 3.8) is 0 Å². The SMILES string of the molecule is CCOc1ccc(-n2c(C)nnc2S[C@H](C[N+](=O)[O-])c2ccc(OCc3cccc4ccccc34)cc2)cc1. The number of fused-ring (bicyclic) bond motifs is 1. The molecule has 0 bridgehead atoms. The summed E-state index contributed by atoms with van der Waals surface area (Å²) in [5, 5.41) is 22.6. The van der Waals surface area contributed by atoms with Gasteiger partial charge >= 0.3 is 0 Å². The van der Waals surface area contributed by atoms with E-state index in [9.17, 15) is 10.1 Å². The first-order valence-corrected chi connectivity index (χ1v) is 13.5. The van der Waals surface area contributed by atoms with Crippen molar-refractivity contribution < 1.29 is 14.4 Å². The highest BCUT2D eigenvalue weighted by Crippen LogP contribution is 2.37. The van der Waals surface area contributed by atoms with Crippen LogP contribution in [0.1, 0.15) is 29.1 Å². The maximum Gasteiger partial charge on any atom is 0.220 e. The van der Waals surface area contributed by atoms with Gasteiger partial charge in [-0.05, 0) is 72.1 Å². The number of hydrogen-bond acceptors (Lipinski definition) is 7. The topological polar surface area (TPSA) is 92.3 Å². The van der Waals surface area contributed by atoms with Crippen LogP contribution in [0.25, 0.3) is 16.5 Å². The molecule has 5 rings (SSSR count). The van der Waals surface area contributed by atoms with Crippen molar-refractivity contribution in [3.8, 4) is 17.2 Å². The van der Waals surface area contributed by atoms with E-state index in [-0.39, 0.29) is 11.5 Å². The second kappa shape index (κ2) is 12.0. The molecular weight excluding hydrogens is 512 g/mol. The monoisotopic (exact) mass is 540 g/mol. The maximum atomic E-state index is 11.6. The van der Waals surface area contributed by atoms with Crippen LogP contribution >= 0.6 is 11.8 Å². The third-order valence-corrected chi connectivity index (χ3v) is 7.47. The number of rotatable bonds is 11. The van der Waals surface area contributed by atoms with Crippen molar-refractivity contribution in [3.05, 3.63) is 118 Å². The van der Waals surface area contributed by atoms with Crippen LogP contribution in [-0.2, 0) is 6.61 Å². The highest BCUT2D eigenvalue weighted by atomic mass is 32.2. The molecule has 0 aliphatic heterocycles. The number of nitro groups is 1. The fraction of sp³-hybridized carbons (Fsp3) is 0.200. The van der Waals surface area contributed by atoms with Crippen LogP contribution < -0.4 is 9.47 Å². The zero-order valence-corrected chi connectivity index (χ0v) is 22.5. The summed E-state index contributed by atoms with van der Waals surface area (Å²) in [6.45, 7) is 4.56. The van der Waals surface area contributed by atoms with Gasteiger partial charge in [0.15, 0.2) is 5.16 Å². The van der Waals surface area contributed by atoms with E-state index >= 15 is 0 Å². The van der Waals surface area contributed by atoms with Gasteiger partial charge in [-0.2, -0.15) is 0 Å². The molecule has 0 radical (unpaired) electrons. The van der Waals surface area contributed by atoms with Gasteiger partial charge in [0, 0.05) is 10.6 Å². The number of ether oxygens (including phenoxy) is 2. The number of aryl methyl sites for hydroxylation is 1. The minimum absolute atomic E-state index is 0.254. The fourth-order valence-corrected chi connectivity index (χ4v) is 5.58. The summed E-state index contributed by atoms with van der Waals surface area (Å²) in [5.41, 5.74) is 2.77. The number of aromatic nitrogens is 3. The normalized spacial score (nSPS) is 11.8. The van der Waals surface area contributed by atoms with Gasteiger partial charge in [-0.3, -0.25) is 14.7 Å². The lowest BCUT2D eigenvalue weighted by molar-refractivity contribution is -0.479. The minimum atomic E-state index is -0.461. The number of benzene rings is 4. The lowest BCUT2D eigenvalue weighted by Crippen LogP contribution is -2.11. The highest BCUT2D eigenvalue weighted by molar-refractivity contribution is 7.99. The molecule has 198 valence electrons. The van der Waals surface area contributed by atoms with E-state index < -0.39 is 5.25 Å². The molecule has 4 aromatic carbocycles. The second-order valence-corrected chi connectivity index (χ2v) is 10.1. The van der Waals surface area contributed by atoms with Crippen molar-refractivity contribution in [2.45, 2.75) is 30.9 Å². The molecular formula is C30H28N4O4S. The van der Waals surface area contributed by atoms with Crippen LogP contribution in [0.3, 0.4) is 0 Å². The largest absolute Gasteiger partial charge is 0.494 e. The molecule has 1 atom stereocenters. The van der Waals surface area contributed by atoms with Gasteiger partial charge < -0.3 is 9.47 Å². The Morgan fingerprint density at radius 3 is 2.33 bits per heavy atom. The van der Waals surface area contributed by atoms with Crippen LogP contribution in [0.5, 0.6) is 11.5 Å². The maximum absolute atomic E-state index is 11.6. The Kier molecular flexibility index (Phi) is 8.07. The van der Waals surface area contributed by atoms with Gasteiger partial charge in [-0.1, -0.05) is 66.4 Å². The van der Waals surface area contributed by atoms with Gasteiger partial charge in [0.05, 0.1) is 6.61 Å². The molecule has 0 spiro atoms. The summed E-state index contributed by atoms with van der Waals surface area (Å²) in [6.07, 6.45) is 0. The van der Waals surface area contributed by atoms with Gasteiger partial charge in [-0.15, -0.1) is 10.2 Å². The molecule has 0 amide bonds. The number of hydrogen-bond donors (Lipinski definition) is 0. The molecule has 8 nitrogen and oxygen atoms in total. The third kappa shape index (κ3) is 6.21. The Bertz CT molecular complexity index is 1560. The summed E-state index contributed by atoms with van der Waals surface area (Å²) >= 11 is 1.32. The van der Waals surface area contributed by atoms with Crippen LogP contribution in [-0.4, -0.2) is 32.8 Å². The summed E-state index contributed by atoms with van der Waals surface area (Å²) in [6, 6.07) is 29.5. The first-order chi connectivity index (χ1) is 19.0. The zero-order valence-electron chi connectivity index (χ0n) is 21.7. The average molecular weight is 541 g/mol. The fourth-order valence-electron chi connectivity index (χ4n) is 4.41. The molecule has 9 heteroatoms. The van der Waals surface area contributed by atoms with E-state index in [1.807, 2.05) is 85.1 Å². The predicted octanol–water partition coefficient (Wildman–Crippen LogP) is 6.82. The van der Waals surface area contributed by atoms with Gasteiger partial charge in [0.25, 0.3) is 0 Å². The van der Waals surface area contributed by atoms with Crippen LogP contribution in [0, 0.1) is 17.0 Å². The Balaban J connectivity index is 1.33. The third-order valence-electron chi connectivity index (χ3n) is 6.29. The summed E-state index contributed by atoms with van der Waals surface area (Å²) in [5.74, 6) is 2.17. The van der Waals surface area contributed by atoms with E-state index in [4.69, 9.17) is 9.47 Å². The first-order valence-electron chi connectivity index (χ1n) is 12.6. The van der Waals surface area contributed by atoms with Crippen LogP contribution in [0.2, 0.25) is 0 Å². The zero-order chi connectivity index (χ0) is 27.2. The Labute approximate surface area is 230 Å². The molecule has 1 aromatic heterocycles. The summed E-state index contributed by atoms with van der Waals surface area (Å²) in [7, 11) is 0. The quantitative estimate of drug-likeness (QED) is 0.103. The van der Waals surface area contributed by atoms with E-state index in [1.165, 1.54) is 17.1 Å². The van der Waals surface area contributed by atoms with Crippen molar-refractivity contribution >= 4 is 22.5 Å². The molecule has 0 saturated heterocycles. The standard InChI is InChI=1S/C30H28N4O4S/c1-3-37-26-17-13-25(14-18-26)34-21(2)31-32-30(34)39-29(19-33(35)36)23-11-15-27(16-12-23)38-20-24-9-6-8-22-7-4-5-10-28(22)24/h4-18,29H,3,19-20H2,1-2H3/t29-/m1/s1. The molecule has 0 saturated carbocycles. The van der Waals surface area contributed by atoms with E-state index in [2.05, 4.69) is 34.5 Å². The van der Waals surface area contributed by atoms with Crippen molar-refractivity contribution in [2.24, 2.45) is 0 Å². The Morgan fingerprint density at radius 2 is 1.59 bits per heavy atom. The molecule has 0 aliphatic carbocycles. The first kappa shape index (κ1) is 26.2. The summed E-state index contributed by atoms with van der Waals surface area (Å²) in [4.78, 5) is 11.3. The van der Waals surface area contributed by atoms with Crippen molar-refractivity contribution in [1.29, 1.82) is 0 Å². The molecule has 0 N–H and O–H groups in total. The predicted molar refractivity (Wildman–Crippen MR) is 152 cm³/mol. The Morgan fingerprint density at radius 1 is 0.897 bits per heavy atom. The molecule has 1 heterocycles. The number of nitrogens with zero attached hydrogens (tertiary/aromatic N) is 4. The molecule has 39 heavy (non-hydrogen) atoms. The smallest absolute Gasteiger partial charge is 0.220 e. The highest BCUT2D eigenvalue weighted by Gasteiger charge is 2.24. The van der Waals surface area contributed by atoms with E-state index in [1.54, 1.807) is 0 Å². The molecule has 0 fully saturated rings. The molecule has 0 unspecified atom stereocenters. The average Bonchev–Trinajstić information content (AvgIpc) is 3.31. The Hall–Kier alpha value is -4.37. The lowest BCUT2D eigenvalue weighted by atomic mass is 10.1. The minimum Gasteiger partial charge on any atom is -0.494 e. The molecule has 5 aromatic rings.